The summed E-state index contributed by atoms with van der Waals surface area (Å²) in [5.41, 5.74) is 8.66. The molecule has 1 atom stereocenters. The molecule has 0 aromatic heterocycles. The Bertz CT molecular complexity index is 487. The van der Waals surface area contributed by atoms with E-state index in [9.17, 15) is 4.79 Å². The molecule has 4 heteroatoms. The fraction of sp³-hybridized carbons (Fsp3) is 0.400. The molecule has 0 radical (unpaired) electrons. The van der Waals surface area contributed by atoms with Gasteiger partial charge in [-0.1, -0.05) is 55.4 Å². The minimum atomic E-state index is -0.479. The van der Waals surface area contributed by atoms with Gasteiger partial charge in [-0.05, 0) is 18.4 Å². The van der Waals surface area contributed by atoms with Crippen molar-refractivity contribution in [1.29, 1.82) is 0 Å². The van der Waals surface area contributed by atoms with Crippen molar-refractivity contribution >= 4 is 5.78 Å². The highest BCUT2D eigenvalue weighted by molar-refractivity contribution is 5.99. The molecule has 1 rings (SSSR count). The molecule has 0 N–H and O–H groups in total. The molecule has 0 saturated carbocycles. The van der Waals surface area contributed by atoms with Gasteiger partial charge in [0.2, 0.25) is 0 Å². The third kappa shape index (κ3) is 4.27. The molecule has 1 aromatic rings. The molecule has 1 unspecified atom stereocenters. The number of nitrogens with zero attached hydrogens (tertiary/aromatic N) is 3. The van der Waals surface area contributed by atoms with Crippen molar-refractivity contribution < 1.29 is 4.79 Å². The van der Waals surface area contributed by atoms with E-state index in [2.05, 4.69) is 16.6 Å². The van der Waals surface area contributed by atoms with Crippen molar-refractivity contribution in [2.24, 2.45) is 10.5 Å². The van der Waals surface area contributed by atoms with Gasteiger partial charge < -0.3 is 0 Å². The lowest BCUT2D eigenvalue weighted by Gasteiger charge is -2.24. The summed E-state index contributed by atoms with van der Waals surface area (Å²) in [4.78, 5) is 15.2. The van der Waals surface area contributed by atoms with Crippen LogP contribution in [0.25, 0.3) is 10.4 Å². The minimum Gasteiger partial charge on any atom is -0.294 e. The number of ketones is 1. The molecule has 1 aromatic carbocycles. The number of azide groups is 1. The van der Waals surface area contributed by atoms with Crippen LogP contribution in [0.2, 0.25) is 0 Å². The van der Waals surface area contributed by atoms with E-state index in [0.29, 0.717) is 18.4 Å². The standard InChI is InChI=1S/C15H19N3O/c1-4-13(17-18-16)10-11-15(2,3)14(19)12-8-6-5-7-9-12/h4-9,13H,1,10-11H2,2-3H3. The number of benzene rings is 1. The number of carbonyl (C=O) groups is 1. The molecule has 0 saturated heterocycles. The van der Waals surface area contributed by atoms with Crippen molar-refractivity contribution in [1.82, 2.24) is 0 Å². The monoisotopic (exact) mass is 257 g/mol. The third-order valence-corrected chi connectivity index (χ3v) is 3.19. The smallest absolute Gasteiger partial charge is 0.168 e. The van der Waals surface area contributed by atoms with E-state index in [4.69, 9.17) is 5.53 Å². The summed E-state index contributed by atoms with van der Waals surface area (Å²) in [7, 11) is 0. The molecule has 0 heterocycles. The van der Waals surface area contributed by atoms with Gasteiger partial charge in [0.1, 0.15) is 0 Å². The van der Waals surface area contributed by atoms with Crippen LogP contribution >= 0.6 is 0 Å². The van der Waals surface area contributed by atoms with Crippen LogP contribution in [0.1, 0.15) is 37.0 Å². The summed E-state index contributed by atoms with van der Waals surface area (Å²) < 4.78 is 0. The number of carbonyl (C=O) groups excluding carboxylic acids is 1. The molecular formula is C15H19N3O. The largest absolute Gasteiger partial charge is 0.294 e. The second-order valence-corrected chi connectivity index (χ2v) is 5.13. The highest BCUT2D eigenvalue weighted by atomic mass is 16.1. The zero-order valence-electron chi connectivity index (χ0n) is 11.4. The zero-order valence-corrected chi connectivity index (χ0v) is 11.4. The lowest BCUT2D eigenvalue weighted by Crippen LogP contribution is -2.25. The molecule has 0 aliphatic carbocycles. The van der Waals surface area contributed by atoms with Gasteiger partial charge in [-0.3, -0.25) is 4.79 Å². The normalized spacial score (nSPS) is 12.3. The van der Waals surface area contributed by atoms with Crippen molar-refractivity contribution in [3.05, 3.63) is 59.0 Å². The van der Waals surface area contributed by atoms with Crippen LogP contribution in [-0.2, 0) is 0 Å². The molecule has 19 heavy (non-hydrogen) atoms. The average Bonchev–Trinajstić information content (AvgIpc) is 2.43. The number of rotatable bonds is 7. The molecule has 100 valence electrons. The average molecular weight is 257 g/mol. The fourth-order valence-corrected chi connectivity index (χ4v) is 1.89. The van der Waals surface area contributed by atoms with Crippen LogP contribution in [0.15, 0.2) is 48.1 Å². The third-order valence-electron chi connectivity index (χ3n) is 3.19. The second kappa shape index (κ2) is 6.76. The summed E-state index contributed by atoms with van der Waals surface area (Å²) in [5, 5.41) is 3.63. The first-order valence-corrected chi connectivity index (χ1v) is 6.28. The topological polar surface area (TPSA) is 65.8 Å². The Morgan fingerprint density at radius 2 is 2.11 bits per heavy atom. The first-order valence-electron chi connectivity index (χ1n) is 6.28. The van der Waals surface area contributed by atoms with Crippen molar-refractivity contribution in [2.45, 2.75) is 32.7 Å². The minimum absolute atomic E-state index is 0.108. The molecule has 4 nitrogen and oxygen atoms in total. The Balaban J connectivity index is 2.73. The molecule has 0 amide bonds. The summed E-state index contributed by atoms with van der Waals surface area (Å²) in [6.07, 6.45) is 2.89. The van der Waals surface area contributed by atoms with E-state index in [1.807, 2.05) is 44.2 Å². The first-order chi connectivity index (χ1) is 9.01. The van der Waals surface area contributed by atoms with Gasteiger partial charge in [-0.15, -0.1) is 6.58 Å². The lowest BCUT2D eigenvalue weighted by atomic mass is 9.79. The lowest BCUT2D eigenvalue weighted by molar-refractivity contribution is 0.0822. The first kappa shape index (κ1) is 15.0. The Labute approximate surface area is 113 Å². The van der Waals surface area contributed by atoms with Gasteiger partial charge in [-0.2, -0.15) is 0 Å². The molecule has 0 bridgehead atoms. The number of hydrogen-bond acceptors (Lipinski definition) is 2. The Morgan fingerprint density at radius 3 is 2.63 bits per heavy atom. The maximum atomic E-state index is 12.4. The van der Waals surface area contributed by atoms with Crippen molar-refractivity contribution in [2.75, 3.05) is 0 Å². The SMILES string of the molecule is C=CC(CCC(C)(C)C(=O)c1ccccc1)N=[N+]=[N-]. The van der Waals surface area contributed by atoms with Crippen molar-refractivity contribution in [3.8, 4) is 0 Å². The quantitative estimate of drug-likeness (QED) is 0.232. The van der Waals surface area contributed by atoms with Crippen LogP contribution in [0.3, 0.4) is 0 Å². The Morgan fingerprint density at radius 1 is 1.47 bits per heavy atom. The summed E-state index contributed by atoms with van der Waals surface area (Å²) in [5.74, 6) is 0.108. The van der Waals surface area contributed by atoms with Gasteiger partial charge in [-0.25, -0.2) is 0 Å². The van der Waals surface area contributed by atoms with Crippen LogP contribution in [-0.4, -0.2) is 11.8 Å². The number of Topliss-reactive ketones (excluding diaryl/α,β-unsaturated/α-hetero) is 1. The maximum absolute atomic E-state index is 12.4. The van der Waals surface area contributed by atoms with Crippen LogP contribution in [0.4, 0.5) is 0 Å². The maximum Gasteiger partial charge on any atom is 0.168 e. The van der Waals surface area contributed by atoms with Gasteiger partial charge >= 0.3 is 0 Å². The molecule has 0 aliphatic heterocycles. The van der Waals surface area contributed by atoms with Gasteiger partial charge in [0.15, 0.2) is 5.78 Å². The van der Waals surface area contributed by atoms with Gasteiger partial charge in [0, 0.05) is 15.9 Å². The fourth-order valence-electron chi connectivity index (χ4n) is 1.89. The van der Waals surface area contributed by atoms with E-state index in [1.54, 1.807) is 6.08 Å². The predicted molar refractivity (Wildman–Crippen MR) is 76.9 cm³/mol. The Kier molecular flexibility index (Phi) is 5.34. The van der Waals surface area contributed by atoms with E-state index in [0.717, 1.165) is 0 Å². The summed E-state index contributed by atoms with van der Waals surface area (Å²) in [6.45, 7) is 7.46. The molecule has 0 aliphatic rings. The van der Waals surface area contributed by atoms with E-state index in [-0.39, 0.29) is 11.8 Å². The Hall–Kier alpha value is -2.06. The summed E-state index contributed by atoms with van der Waals surface area (Å²) >= 11 is 0. The number of hydrogen-bond donors (Lipinski definition) is 0. The van der Waals surface area contributed by atoms with Gasteiger partial charge in [0.25, 0.3) is 0 Å². The van der Waals surface area contributed by atoms with Crippen LogP contribution in [0.5, 0.6) is 0 Å². The predicted octanol–water partition coefficient (Wildman–Crippen LogP) is 4.54. The van der Waals surface area contributed by atoms with Crippen LogP contribution < -0.4 is 0 Å². The van der Waals surface area contributed by atoms with E-state index in [1.165, 1.54) is 0 Å². The highest BCUT2D eigenvalue weighted by Gasteiger charge is 2.28. The molecular weight excluding hydrogens is 238 g/mol. The molecule has 0 spiro atoms. The zero-order chi connectivity index (χ0) is 14.3. The van der Waals surface area contributed by atoms with E-state index >= 15 is 0 Å². The van der Waals surface area contributed by atoms with Crippen LogP contribution in [0, 0.1) is 5.41 Å². The highest BCUT2D eigenvalue weighted by Crippen LogP contribution is 2.28. The van der Waals surface area contributed by atoms with Gasteiger partial charge in [0.05, 0.1) is 6.04 Å². The second-order valence-electron chi connectivity index (χ2n) is 5.13. The van der Waals surface area contributed by atoms with E-state index < -0.39 is 5.41 Å². The van der Waals surface area contributed by atoms with Crippen molar-refractivity contribution in [3.63, 3.8) is 0 Å². The summed E-state index contributed by atoms with van der Waals surface area (Å²) in [6, 6.07) is 8.99. The molecule has 0 fully saturated rings.